The molecule has 0 bridgehead atoms. The summed E-state index contributed by atoms with van der Waals surface area (Å²) in [5.74, 6) is -1.19. The minimum Gasteiger partial charge on any atom is -0.378 e. The van der Waals surface area contributed by atoms with Gasteiger partial charge in [0.15, 0.2) is 0 Å². The quantitative estimate of drug-likeness (QED) is 0.709. The molecule has 1 aromatic heterocycles. The van der Waals surface area contributed by atoms with Gasteiger partial charge in [-0.1, -0.05) is 0 Å². The van der Waals surface area contributed by atoms with E-state index < -0.39 is 12.0 Å². The van der Waals surface area contributed by atoms with Crippen molar-refractivity contribution in [1.29, 1.82) is 0 Å². The van der Waals surface area contributed by atoms with Crippen molar-refractivity contribution in [3.63, 3.8) is 0 Å². The Morgan fingerprint density at radius 2 is 2.23 bits per heavy atom. The lowest BCUT2D eigenvalue weighted by molar-refractivity contribution is -0.145. The van der Waals surface area contributed by atoms with Crippen LogP contribution in [-0.4, -0.2) is 17.1 Å². The molecule has 0 aromatic carbocycles. The lowest BCUT2D eigenvalue weighted by atomic mass is 10.4. The Morgan fingerprint density at radius 1 is 1.54 bits per heavy atom. The normalized spacial score (nSPS) is 11.7. The number of methoxy groups -OCH3 is 1. The Morgan fingerprint density at radius 3 is 2.77 bits per heavy atom. The Labute approximate surface area is 72.6 Å². The summed E-state index contributed by atoms with van der Waals surface area (Å²) in [6.07, 6.45) is -2.42. The predicted octanol–water partition coefficient (Wildman–Crippen LogP) is 1.44. The summed E-state index contributed by atoms with van der Waals surface area (Å²) in [4.78, 5) is 6.22. The highest BCUT2D eigenvalue weighted by atomic mass is 19.4. The SMILES string of the molecule is COCc1c[c]nc(C(F)(F)F)n1. The summed E-state index contributed by atoms with van der Waals surface area (Å²) < 4.78 is 40.7. The van der Waals surface area contributed by atoms with E-state index in [1.165, 1.54) is 13.2 Å². The van der Waals surface area contributed by atoms with Crippen LogP contribution in [0.1, 0.15) is 11.5 Å². The highest BCUT2D eigenvalue weighted by Crippen LogP contribution is 2.25. The van der Waals surface area contributed by atoms with Crippen LogP contribution >= 0.6 is 0 Å². The maximum atomic E-state index is 12.0. The van der Waals surface area contributed by atoms with Crippen LogP contribution in [0.5, 0.6) is 0 Å². The van der Waals surface area contributed by atoms with Gasteiger partial charge in [-0.15, -0.1) is 0 Å². The van der Waals surface area contributed by atoms with Gasteiger partial charge in [0, 0.05) is 7.11 Å². The smallest absolute Gasteiger partial charge is 0.378 e. The molecule has 0 atom stereocenters. The van der Waals surface area contributed by atoms with Crippen LogP contribution in [0.3, 0.4) is 0 Å². The molecule has 0 unspecified atom stereocenters. The minimum absolute atomic E-state index is 0.0160. The van der Waals surface area contributed by atoms with E-state index in [2.05, 4.69) is 20.9 Å². The number of halogens is 3. The van der Waals surface area contributed by atoms with Gasteiger partial charge in [-0.25, -0.2) is 9.97 Å². The third kappa shape index (κ3) is 2.66. The number of hydrogen-bond donors (Lipinski definition) is 0. The number of nitrogens with zero attached hydrogens (tertiary/aromatic N) is 2. The van der Waals surface area contributed by atoms with E-state index in [-0.39, 0.29) is 12.3 Å². The van der Waals surface area contributed by atoms with E-state index in [4.69, 9.17) is 0 Å². The van der Waals surface area contributed by atoms with E-state index in [0.29, 0.717) is 0 Å². The van der Waals surface area contributed by atoms with Crippen LogP contribution in [0.25, 0.3) is 0 Å². The third-order valence-corrected chi connectivity index (χ3v) is 1.20. The molecule has 3 nitrogen and oxygen atoms in total. The van der Waals surface area contributed by atoms with Gasteiger partial charge >= 0.3 is 6.18 Å². The molecular formula is C7H6F3N2O. The molecule has 1 heterocycles. The Hall–Kier alpha value is -1.17. The fourth-order valence-corrected chi connectivity index (χ4v) is 0.710. The van der Waals surface area contributed by atoms with Crippen molar-refractivity contribution in [2.24, 2.45) is 0 Å². The number of alkyl halides is 3. The molecule has 1 rings (SSSR count). The number of aromatic nitrogens is 2. The van der Waals surface area contributed by atoms with Gasteiger partial charge in [0.05, 0.1) is 18.5 Å². The zero-order valence-corrected chi connectivity index (χ0v) is 6.72. The van der Waals surface area contributed by atoms with Gasteiger partial charge in [-0.3, -0.25) is 0 Å². The highest BCUT2D eigenvalue weighted by Gasteiger charge is 2.34. The number of rotatable bonds is 2. The van der Waals surface area contributed by atoms with Crippen molar-refractivity contribution >= 4 is 0 Å². The molecule has 0 saturated carbocycles. The van der Waals surface area contributed by atoms with Gasteiger partial charge < -0.3 is 4.74 Å². The van der Waals surface area contributed by atoms with Gasteiger partial charge in [-0.2, -0.15) is 13.2 Å². The van der Waals surface area contributed by atoms with Crippen molar-refractivity contribution < 1.29 is 17.9 Å². The topological polar surface area (TPSA) is 35.0 Å². The average molecular weight is 191 g/mol. The van der Waals surface area contributed by atoms with Crippen LogP contribution in [0.15, 0.2) is 6.07 Å². The number of ether oxygens (including phenoxy) is 1. The maximum Gasteiger partial charge on any atom is 0.451 e. The summed E-state index contributed by atoms with van der Waals surface area (Å²) in [6, 6.07) is 1.25. The van der Waals surface area contributed by atoms with E-state index >= 15 is 0 Å². The van der Waals surface area contributed by atoms with Crippen molar-refractivity contribution in [1.82, 2.24) is 9.97 Å². The molecule has 0 aliphatic rings. The summed E-state index contributed by atoms with van der Waals surface area (Å²) in [6.45, 7) is 0.0160. The van der Waals surface area contributed by atoms with Gasteiger partial charge in [0.25, 0.3) is 0 Å². The van der Waals surface area contributed by atoms with E-state index in [9.17, 15) is 13.2 Å². The predicted molar refractivity (Wildman–Crippen MR) is 36.6 cm³/mol. The van der Waals surface area contributed by atoms with Gasteiger partial charge in [-0.05, 0) is 6.07 Å². The van der Waals surface area contributed by atoms with E-state index in [1.807, 2.05) is 0 Å². The first-order valence-electron chi connectivity index (χ1n) is 3.34. The first-order valence-corrected chi connectivity index (χ1v) is 3.34. The number of hydrogen-bond acceptors (Lipinski definition) is 3. The largest absolute Gasteiger partial charge is 0.451 e. The van der Waals surface area contributed by atoms with Crippen LogP contribution in [0.2, 0.25) is 0 Å². The van der Waals surface area contributed by atoms with Crippen LogP contribution < -0.4 is 0 Å². The Balaban J connectivity index is 2.92. The first kappa shape index (κ1) is 9.91. The summed E-state index contributed by atoms with van der Waals surface area (Å²) in [5.41, 5.74) is 0.157. The molecular weight excluding hydrogens is 185 g/mol. The zero-order chi connectivity index (χ0) is 9.90. The van der Waals surface area contributed by atoms with Crippen molar-refractivity contribution in [3.8, 4) is 0 Å². The summed E-state index contributed by atoms with van der Waals surface area (Å²) in [7, 11) is 1.37. The highest BCUT2D eigenvalue weighted by molar-refractivity contribution is 5.02. The van der Waals surface area contributed by atoms with Gasteiger partial charge in [0.1, 0.15) is 0 Å². The monoisotopic (exact) mass is 191 g/mol. The zero-order valence-electron chi connectivity index (χ0n) is 6.72. The molecule has 0 saturated heterocycles. The van der Waals surface area contributed by atoms with Crippen LogP contribution in [-0.2, 0) is 17.5 Å². The molecule has 71 valence electrons. The Kier molecular flexibility index (Phi) is 2.82. The Bertz CT molecular complexity index is 287. The fraction of sp³-hybridized carbons (Fsp3) is 0.429. The molecule has 0 spiro atoms. The molecule has 13 heavy (non-hydrogen) atoms. The molecule has 0 N–H and O–H groups in total. The minimum atomic E-state index is -4.53. The van der Waals surface area contributed by atoms with Crippen LogP contribution in [0.4, 0.5) is 13.2 Å². The van der Waals surface area contributed by atoms with Crippen molar-refractivity contribution in [2.75, 3.05) is 7.11 Å². The van der Waals surface area contributed by atoms with Crippen molar-refractivity contribution in [3.05, 3.63) is 23.8 Å². The average Bonchev–Trinajstić information content (AvgIpc) is 2.04. The molecule has 0 aliphatic carbocycles. The first-order chi connectivity index (χ1) is 6.04. The molecule has 1 radical (unpaired) electrons. The molecule has 6 heteroatoms. The second-order valence-electron chi connectivity index (χ2n) is 2.24. The van der Waals surface area contributed by atoms with Gasteiger partial charge in [0.2, 0.25) is 5.82 Å². The fourth-order valence-electron chi connectivity index (χ4n) is 0.710. The molecule has 1 aromatic rings. The maximum absolute atomic E-state index is 12.0. The summed E-state index contributed by atoms with van der Waals surface area (Å²) >= 11 is 0. The second-order valence-corrected chi connectivity index (χ2v) is 2.24. The lowest BCUT2D eigenvalue weighted by Crippen LogP contribution is -2.12. The molecule has 0 fully saturated rings. The van der Waals surface area contributed by atoms with E-state index in [0.717, 1.165) is 0 Å². The molecule has 0 aliphatic heterocycles. The standard InChI is InChI=1S/C7H6F3N2O/c1-13-4-5-2-3-11-6(12-5)7(8,9)10/h2H,4H2,1H3. The molecule has 0 amide bonds. The second kappa shape index (κ2) is 3.69. The van der Waals surface area contributed by atoms with Crippen molar-refractivity contribution in [2.45, 2.75) is 12.8 Å². The third-order valence-electron chi connectivity index (χ3n) is 1.20. The lowest BCUT2D eigenvalue weighted by Gasteiger charge is -2.04. The van der Waals surface area contributed by atoms with Crippen LogP contribution in [0, 0.1) is 6.20 Å². The van der Waals surface area contributed by atoms with E-state index in [1.54, 1.807) is 0 Å². The summed E-state index contributed by atoms with van der Waals surface area (Å²) in [5, 5.41) is 0.